The summed E-state index contributed by atoms with van der Waals surface area (Å²) in [5, 5.41) is 3.15. The van der Waals surface area contributed by atoms with Crippen LogP contribution in [0.5, 0.6) is 0 Å². The highest BCUT2D eigenvalue weighted by atomic mass is 19.1. The molecule has 1 fully saturated rings. The molecule has 1 aromatic carbocycles. The van der Waals surface area contributed by atoms with E-state index in [1.54, 1.807) is 0 Å². The topological polar surface area (TPSA) is 12.0 Å². The van der Waals surface area contributed by atoms with Crippen LogP contribution in [0.2, 0.25) is 0 Å². The summed E-state index contributed by atoms with van der Waals surface area (Å²) in [6, 6.07) is 8.21. The maximum Gasteiger partial charge on any atom is 0.115 e. The number of halogens is 1. The van der Waals surface area contributed by atoms with Crippen LogP contribution in [-0.4, -0.2) is 12.7 Å². The van der Waals surface area contributed by atoms with Crippen molar-refractivity contribution < 1.29 is 4.39 Å². The lowest BCUT2D eigenvalue weighted by atomic mass is 9.81. The highest BCUT2D eigenvalue weighted by molar-refractivity contribution is 5.28. The SMILES string of the molecule is CNCc1ccccc1CC1(F)CCCCC1. The maximum absolute atomic E-state index is 14.7. The van der Waals surface area contributed by atoms with E-state index >= 15 is 0 Å². The van der Waals surface area contributed by atoms with Gasteiger partial charge in [0.25, 0.3) is 0 Å². The molecule has 2 rings (SSSR count). The zero-order chi connectivity index (χ0) is 12.1. The molecule has 2 heteroatoms. The van der Waals surface area contributed by atoms with Crippen molar-refractivity contribution in [1.82, 2.24) is 5.32 Å². The largest absolute Gasteiger partial charge is 0.316 e. The van der Waals surface area contributed by atoms with Gasteiger partial charge in [-0.2, -0.15) is 0 Å². The number of hydrogen-bond acceptors (Lipinski definition) is 1. The first-order valence-corrected chi connectivity index (χ1v) is 6.64. The Hall–Kier alpha value is -0.890. The van der Waals surface area contributed by atoms with Crippen molar-refractivity contribution in [1.29, 1.82) is 0 Å². The molecular weight excluding hydrogens is 213 g/mol. The van der Waals surface area contributed by atoms with Crippen LogP contribution >= 0.6 is 0 Å². The fourth-order valence-corrected chi connectivity index (χ4v) is 2.80. The van der Waals surface area contributed by atoms with E-state index in [4.69, 9.17) is 0 Å². The molecule has 0 spiro atoms. The standard InChI is InChI=1S/C15H22FN/c1-17-12-14-8-4-3-7-13(14)11-15(16)9-5-2-6-10-15/h3-4,7-8,17H,2,5-6,9-12H2,1H3. The third kappa shape index (κ3) is 3.29. The average Bonchev–Trinajstić information content (AvgIpc) is 2.32. The van der Waals surface area contributed by atoms with Gasteiger partial charge in [0.1, 0.15) is 5.67 Å². The summed E-state index contributed by atoms with van der Waals surface area (Å²) < 4.78 is 14.7. The molecule has 0 saturated heterocycles. The van der Waals surface area contributed by atoms with Crippen molar-refractivity contribution in [3.8, 4) is 0 Å². The third-order valence-corrected chi connectivity index (χ3v) is 3.74. The van der Waals surface area contributed by atoms with E-state index in [9.17, 15) is 4.39 Å². The van der Waals surface area contributed by atoms with Gasteiger partial charge >= 0.3 is 0 Å². The molecule has 0 heterocycles. The van der Waals surface area contributed by atoms with Crippen LogP contribution in [0.1, 0.15) is 43.2 Å². The van der Waals surface area contributed by atoms with Crippen molar-refractivity contribution in [2.45, 2.75) is 50.7 Å². The van der Waals surface area contributed by atoms with E-state index in [0.29, 0.717) is 6.42 Å². The van der Waals surface area contributed by atoms with E-state index in [1.165, 1.54) is 17.5 Å². The summed E-state index contributed by atoms with van der Waals surface area (Å²) >= 11 is 0. The highest BCUT2D eigenvalue weighted by Crippen LogP contribution is 2.35. The number of hydrogen-bond donors (Lipinski definition) is 1. The summed E-state index contributed by atoms with van der Waals surface area (Å²) in [5.41, 5.74) is 1.45. The van der Waals surface area contributed by atoms with Crippen molar-refractivity contribution in [3.05, 3.63) is 35.4 Å². The van der Waals surface area contributed by atoms with Crippen LogP contribution in [0.25, 0.3) is 0 Å². The summed E-state index contributed by atoms with van der Waals surface area (Å²) in [5.74, 6) is 0. The molecule has 0 radical (unpaired) electrons. The minimum Gasteiger partial charge on any atom is -0.316 e. The number of nitrogens with one attached hydrogen (secondary N) is 1. The minimum absolute atomic E-state index is 0.588. The molecule has 1 aliphatic rings. The second-order valence-corrected chi connectivity index (χ2v) is 5.19. The van der Waals surface area contributed by atoms with Gasteiger partial charge < -0.3 is 5.32 Å². The van der Waals surface area contributed by atoms with Crippen LogP contribution < -0.4 is 5.32 Å². The molecule has 0 bridgehead atoms. The normalized spacial score (nSPS) is 19.2. The van der Waals surface area contributed by atoms with Crippen LogP contribution in [0.3, 0.4) is 0 Å². The highest BCUT2D eigenvalue weighted by Gasteiger charge is 2.32. The monoisotopic (exact) mass is 235 g/mol. The molecule has 0 aromatic heterocycles. The van der Waals surface area contributed by atoms with E-state index in [-0.39, 0.29) is 0 Å². The quantitative estimate of drug-likeness (QED) is 0.840. The Morgan fingerprint density at radius 1 is 1.12 bits per heavy atom. The first-order chi connectivity index (χ1) is 8.23. The number of rotatable bonds is 4. The summed E-state index contributed by atoms with van der Waals surface area (Å²) in [6.45, 7) is 0.826. The third-order valence-electron chi connectivity index (χ3n) is 3.74. The molecule has 1 N–H and O–H groups in total. The molecule has 1 aliphatic carbocycles. The Morgan fingerprint density at radius 3 is 2.41 bits per heavy atom. The molecular formula is C15H22FN. The predicted octanol–water partition coefficient (Wildman–Crippen LogP) is 3.62. The van der Waals surface area contributed by atoms with E-state index in [0.717, 1.165) is 32.2 Å². The molecule has 1 aromatic rings. The van der Waals surface area contributed by atoms with Gasteiger partial charge in [-0.1, -0.05) is 43.5 Å². The first kappa shape index (κ1) is 12.6. The van der Waals surface area contributed by atoms with Gasteiger partial charge in [0.15, 0.2) is 0 Å². The molecule has 94 valence electrons. The van der Waals surface area contributed by atoms with Gasteiger partial charge in [0, 0.05) is 13.0 Å². The second kappa shape index (κ2) is 5.63. The van der Waals surface area contributed by atoms with Gasteiger partial charge in [-0.25, -0.2) is 4.39 Å². The molecule has 0 unspecified atom stereocenters. The van der Waals surface area contributed by atoms with Crippen LogP contribution in [0.4, 0.5) is 4.39 Å². The van der Waals surface area contributed by atoms with E-state index < -0.39 is 5.67 Å². The lowest BCUT2D eigenvalue weighted by Gasteiger charge is -2.30. The van der Waals surface area contributed by atoms with Crippen LogP contribution in [0.15, 0.2) is 24.3 Å². The van der Waals surface area contributed by atoms with Gasteiger partial charge in [0.05, 0.1) is 0 Å². The van der Waals surface area contributed by atoms with Gasteiger partial charge in [-0.05, 0) is 31.0 Å². The maximum atomic E-state index is 14.7. The number of benzene rings is 1. The van der Waals surface area contributed by atoms with Crippen molar-refractivity contribution in [2.75, 3.05) is 7.05 Å². The number of alkyl halides is 1. The van der Waals surface area contributed by atoms with Crippen molar-refractivity contribution >= 4 is 0 Å². The Balaban J connectivity index is 2.11. The Bertz CT molecular complexity index is 356. The molecule has 0 amide bonds. The van der Waals surface area contributed by atoms with Gasteiger partial charge in [-0.3, -0.25) is 0 Å². The predicted molar refractivity (Wildman–Crippen MR) is 69.8 cm³/mol. The summed E-state index contributed by atoms with van der Waals surface area (Å²) in [4.78, 5) is 0. The van der Waals surface area contributed by atoms with Gasteiger partial charge in [0.2, 0.25) is 0 Å². The molecule has 1 saturated carbocycles. The lowest BCUT2D eigenvalue weighted by Crippen LogP contribution is -2.29. The van der Waals surface area contributed by atoms with Crippen LogP contribution in [0, 0.1) is 0 Å². The average molecular weight is 235 g/mol. The Kier molecular flexibility index (Phi) is 4.16. The van der Waals surface area contributed by atoms with E-state index in [1.807, 2.05) is 19.2 Å². The molecule has 17 heavy (non-hydrogen) atoms. The van der Waals surface area contributed by atoms with Crippen molar-refractivity contribution in [2.24, 2.45) is 0 Å². The Morgan fingerprint density at radius 2 is 1.76 bits per heavy atom. The molecule has 0 atom stereocenters. The minimum atomic E-state index is -0.956. The van der Waals surface area contributed by atoms with Gasteiger partial charge in [-0.15, -0.1) is 0 Å². The summed E-state index contributed by atoms with van der Waals surface area (Å²) in [6.07, 6.45) is 5.35. The van der Waals surface area contributed by atoms with E-state index in [2.05, 4.69) is 17.4 Å². The smallest absolute Gasteiger partial charge is 0.115 e. The van der Waals surface area contributed by atoms with Crippen molar-refractivity contribution in [3.63, 3.8) is 0 Å². The second-order valence-electron chi connectivity index (χ2n) is 5.19. The summed E-state index contributed by atoms with van der Waals surface area (Å²) in [7, 11) is 1.93. The Labute approximate surface area is 103 Å². The fraction of sp³-hybridized carbons (Fsp3) is 0.600. The molecule has 0 aliphatic heterocycles. The van der Waals surface area contributed by atoms with Crippen LogP contribution in [-0.2, 0) is 13.0 Å². The lowest BCUT2D eigenvalue weighted by molar-refractivity contribution is 0.107. The molecule has 1 nitrogen and oxygen atoms in total. The fourth-order valence-electron chi connectivity index (χ4n) is 2.80. The first-order valence-electron chi connectivity index (χ1n) is 6.64. The zero-order valence-electron chi connectivity index (χ0n) is 10.6. The zero-order valence-corrected chi connectivity index (χ0v) is 10.6.